The second-order valence-electron chi connectivity index (χ2n) is 6.30. The fraction of sp³-hybridized carbons (Fsp3) is 0.562. The summed E-state index contributed by atoms with van der Waals surface area (Å²) < 4.78 is 2.26. The topological polar surface area (TPSA) is 38.0 Å². The zero-order valence-corrected chi connectivity index (χ0v) is 11.4. The molecule has 3 nitrogen and oxygen atoms in total. The van der Waals surface area contributed by atoms with Crippen LogP contribution in [0.15, 0.2) is 18.2 Å². The Morgan fingerprint density at radius 3 is 2.74 bits per heavy atom. The first-order valence-electron chi connectivity index (χ1n) is 7.31. The van der Waals surface area contributed by atoms with Gasteiger partial charge in [-0.1, -0.05) is 12.5 Å². The number of aromatic nitrogens is 2. The first-order chi connectivity index (χ1) is 9.23. The molecule has 0 unspecified atom stereocenters. The predicted molar refractivity (Wildman–Crippen MR) is 75.3 cm³/mol. The number of aryl methyl sites for hydroxylation is 1. The molecule has 19 heavy (non-hydrogen) atoms. The molecule has 100 valence electrons. The largest absolute Gasteiger partial charge is 0.395 e. The maximum absolute atomic E-state index is 9.57. The third kappa shape index (κ3) is 1.57. The lowest BCUT2D eigenvalue weighted by atomic mass is 9.85. The van der Waals surface area contributed by atoms with Gasteiger partial charge in [0.15, 0.2) is 0 Å². The van der Waals surface area contributed by atoms with E-state index in [2.05, 4.69) is 29.8 Å². The molecule has 2 saturated carbocycles. The molecule has 1 aromatic heterocycles. The molecule has 1 heterocycles. The quantitative estimate of drug-likeness (QED) is 0.917. The fourth-order valence-electron chi connectivity index (χ4n) is 3.26. The average molecular weight is 256 g/mol. The van der Waals surface area contributed by atoms with Crippen molar-refractivity contribution >= 4 is 11.0 Å². The second kappa shape index (κ2) is 3.83. The van der Waals surface area contributed by atoms with Gasteiger partial charge in [-0.05, 0) is 43.4 Å². The van der Waals surface area contributed by atoms with Crippen molar-refractivity contribution in [2.75, 3.05) is 6.61 Å². The molecule has 0 atom stereocenters. The minimum atomic E-state index is 0.0507. The summed E-state index contributed by atoms with van der Waals surface area (Å²) in [5.41, 5.74) is 3.65. The van der Waals surface area contributed by atoms with Crippen LogP contribution in [0.4, 0.5) is 0 Å². The van der Waals surface area contributed by atoms with Crippen molar-refractivity contribution in [3.8, 4) is 0 Å². The van der Waals surface area contributed by atoms with Crippen LogP contribution < -0.4 is 0 Å². The molecule has 0 aliphatic heterocycles. The molecule has 2 fully saturated rings. The summed E-state index contributed by atoms with van der Waals surface area (Å²) in [5, 5.41) is 9.57. The van der Waals surface area contributed by atoms with Gasteiger partial charge in [-0.25, -0.2) is 4.98 Å². The third-order valence-electron chi connectivity index (χ3n) is 5.15. The van der Waals surface area contributed by atoms with Crippen molar-refractivity contribution in [1.29, 1.82) is 0 Å². The number of fused-ring (bicyclic) bond motifs is 1. The van der Waals surface area contributed by atoms with Crippen molar-refractivity contribution in [1.82, 2.24) is 9.55 Å². The molecule has 0 bridgehead atoms. The number of nitrogens with zero attached hydrogens (tertiary/aromatic N) is 2. The Kier molecular flexibility index (Phi) is 2.31. The van der Waals surface area contributed by atoms with Crippen LogP contribution in [-0.2, 0) is 12.5 Å². The molecule has 4 rings (SSSR count). The maximum atomic E-state index is 9.57. The SMILES string of the molecule is Cn1c(C2CCC2)nc2ccc(C3(CO)CC3)cc21. The van der Waals surface area contributed by atoms with E-state index in [1.165, 1.54) is 36.2 Å². The van der Waals surface area contributed by atoms with Gasteiger partial charge in [0, 0.05) is 18.4 Å². The Hall–Kier alpha value is -1.35. The Labute approximate surface area is 113 Å². The number of aliphatic hydroxyl groups is 1. The second-order valence-corrected chi connectivity index (χ2v) is 6.30. The van der Waals surface area contributed by atoms with Crippen LogP contribution >= 0.6 is 0 Å². The lowest BCUT2D eigenvalue weighted by Gasteiger charge is -2.24. The minimum absolute atomic E-state index is 0.0507. The van der Waals surface area contributed by atoms with Crippen LogP contribution in [0.5, 0.6) is 0 Å². The molecule has 2 aliphatic rings. The molecule has 2 aliphatic carbocycles. The summed E-state index contributed by atoms with van der Waals surface area (Å²) >= 11 is 0. The van der Waals surface area contributed by atoms with Gasteiger partial charge in [-0.3, -0.25) is 0 Å². The highest BCUT2D eigenvalue weighted by atomic mass is 16.3. The van der Waals surface area contributed by atoms with E-state index >= 15 is 0 Å². The maximum Gasteiger partial charge on any atom is 0.112 e. The lowest BCUT2D eigenvalue weighted by Crippen LogP contribution is -2.14. The summed E-state index contributed by atoms with van der Waals surface area (Å²) in [6, 6.07) is 6.53. The Bertz CT molecular complexity index is 635. The number of hydrogen-bond donors (Lipinski definition) is 1. The Morgan fingerprint density at radius 2 is 2.16 bits per heavy atom. The van der Waals surface area contributed by atoms with Crippen LogP contribution in [0.2, 0.25) is 0 Å². The van der Waals surface area contributed by atoms with Gasteiger partial charge in [0.25, 0.3) is 0 Å². The normalized spacial score (nSPS) is 21.6. The molecule has 1 N–H and O–H groups in total. The molecule has 0 saturated heterocycles. The summed E-state index contributed by atoms with van der Waals surface area (Å²) in [5.74, 6) is 1.90. The number of rotatable bonds is 3. The molecule has 0 radical (unpaired) electrons. The van der Waals surface area contributed by atoms with Crippen LogP contribution in [0.1, 0.15) is 49.4 Å². The van der Waals surface area contributed by atoms with Gasteiger partial charge < -0.3 is 9.67 Å². The molecular formula is C16H20N2O. The molecular weight excluding hydrogens is 236 g/mol. The van der Waals surface area contributed by atoms with E-state index in [1.807, 2.05) is 0 Å². The molecule has 0 amide bonds. The number of aliphatic hydroxyl groups excluding tert-OH is 1. The molecule has 1 aromatic carbocycles. The number of benzene rings is 1. The summed E-state index contributed by atoms with van der Waals surface area (Å²) in [6.07, 6.45) is 6.13. The van der Waals surface area contributed by atoms with Crippen molar-refractivity contribution in [3.63, 3.8) is 0 Å². The summed E-state index contributed by atoms with van der Waals surface area (Å²) in [7, 11) is 2.13. The number of hydrogen-bond acceptors (Lipinski definition) is 2. The monoisotopic (exact) mass is 256 g/mol. The molecule has 0 spiro atoms. The van der Waals surface area contributed by atoms with Gasteiger partial charge in [-0.15, -0.1) is 0 Å². The van der Waals surface area contributed by atoms with Crippen molar-refractivity contribution in [2.24, 2.45) is 7.05 Å². The van der Waals surface area contributed by atoms with Crippen molar-refractivity contribution in [3.05, 3.63) is 29.6 Å². The highest BCUT2D eigenvalue weighted by molar-refractivity contribution is 5.77. The molecule has 3 heteroatoms. The summed E-state index contributed by atoms with van der Waals surface area (Å²) in [4.78, 5) is 4.80. The predicted octanol–water partition coefficient (Wildman–Crippen LogP) is 2.86. The average Bonchev–Trinajstić information content (AvgIpc) is 3.11. The highest BCUT2D eigenvalue weighted by Gasteiger charge is 2.43. The summed E-state index contributed by atoms with van der Waals surface area (Å²) in [6.45, 7) is 0.270. The van der Waals surface area contributed by atoms with Gasteiger partial charge >= 0.3 is 0 Å². The van der Waals surface area contributed by atoms with E-state index in [-0.39, 0.29) is 12.0 Å². The van der Waals surface area contributed by atoms with Crippen LogP contribution in [-0.4, -0.2) is 21.3 Å². The van der Waals surface area contributed by atoms with Crippen molar-refractivity contribution < 1.29 is 5.11 Å². The van der Waals surface area contributed by atoms with Gasteiger partial charge in [0.1, 0.15) is 5.82 Å². The van der Waals surface area contributed by atoms with E-state index in [4.69, 9.17) is 4.98 Å². The van der Waals surface area contributed by atoms with Gasteiger partial charge in [0.2, 0.25) is 0 Å². The van der Waals surface area contributed by atoms with Gasteiger partial charge in [0.05, 0.1) is 17.6 Å². The van der Waals surface area contributed by atoms with E-state index in [0.717, 1.165) is 18.4 Å². The van der Waals surface area contributed by atoms with E-state index in [0.29, 0.717) is 5.92 Å². The van der Waals surface area contributed by atoms with E-state index in [9.17, 15) is 5.11 Å². The fourth-order valence-corrected chi connectivity index (χ4v) is 3.26. The first-order valence-corrected chi connectivity index (χ1v) is 7.31. The minimum Gasteiger partial charge on any atom is -0.395 e. The Morgan fingerprint density at radius 1 is 1.37 bits per heavy atom. The first kappa shape index (κ1) is 11.5. The molecule has 2 aromatic rings. The van der Waals surface area contributed by atoms with Crippen LogP contribution in [0.25, 0.3) is 11.0 Å². The van der Waals surface area contributed by atoms with Crippen molar-refractivity contribution in [2.45, 2.75) is 43.4 Å². The van der Waals surface area contributed by atoms with Crippen LogP contribution in [0.3, 0.4) is 0 Å². The standard InChI is InChI=1S/C16H20N2O/c1-18-14-9-12(16(10-19)7-8-16)5-6-13(14)17-15(18)11-3-2-4-11/h5-6,9,11,19H,2-4,7-8,10H2,1H3. The van der Waals surface area contributed by atoms with Gasteiger partial charge in [-0.2, -0.15) is 0 Å². The Balaban J connectivity index is 1.82. The zero-order chi connectivity index (χ0) is 13.0. The van der Waals surface area contributed by atoms with E-state index in [1.54, 1.807) is 0 Å². The smallest absolute Gasteiger partial charge is 0.112 e. The third-order valence-corrected chi connectivity index (χ3v) is 5.15. The number of imidazole rings is 1. The van der Waals surface area contributed by atoms with E-state index < -0.39 is 0 Å². The zero-order valence-electron chi connectivity index (χ0n) is 11.4. The van der Waals surface area contributed by atoms with Crippen LogP contribution in [0, 0.1) is 0 Å². The highest BCUT2D eigenvalue weighted by Crippen LogP contribution is 2.48. The lowest BCUT2D eigenvalue weighted by molar-refractivity contribution is 0.255.